The zero-order chi connectivity index (χ0) is 16.3. The van der Waals surface area contributed by atoms with E-state index >= 15 is 0 Å². The van der Waals surface area contributed by atoms with E-state index in [4.69, 9.17) is 4.74 Å². The van der Waals surface area contributed by atoms with Gasteiger partial charge in [-0.05, 0) is 24.6 Å². The van der Waals surface area contributed by atoms with Crippen molar-refractivity contribution in [3.8, 4) is 5.75 Å². The summed E-state index contributed by atoms with van der Waals surface area (Å²) in [7, 11) is 0. The van der Waals surface area contributed by atoms with Crippen molar-refractivity contribution in [1.82, 2.24) is 0 Å². The van der Waals surface area contributed by atoms with Gasteiger partial charge in [0.05, 0.1) is 5.69 Å². The maximum Gasteiger partial charge on any atom is 0.471 e. The van der Waals surface area contributed by atoms with Gasteiger partial charge in [0.15, 0.2) is 6.61 Å². The Morgan fingerprint density at radius 1 is 1.41 bits per heavy atom. The minimum Gasteiger partial charge on any atom is -0.482 e. The lowest BCUT2D eigenvalue weighted by molar-refractivity contribution is -0.167. The molecule has 0 radical (unpaired) electrons. The number of carbonyl (C=O) groups excluding carboxylic acids is 2. The average Bonchev–Trinajstić information content (AvgIpc) is 2.45. The third-order valence-corrected chi connectivity index (χ3v) is 3.15. The van der Waals surface area contributed by atoms with Gasteiger partial charge in [-0.1, -0.05) is 13.3 Å². The molecule has 0 atom stereocenters. The largest absolute Gasteiger partial charge is 0.482 e. The highest BCUT2D eigenvalue weighted by Crippen LogP contribution is 2.35. The number of anilines is 2. The molecule has 1 aliphatic rings. The van der Waals surface area contributed by atoms with E-state index in [1.807, 2.05) is 6.92 Å². The molecule has 2 rings (SSSR count). The van der Waals surface area contributed by atoms with Crippen molar-refractivity contribution in [1.29, 1.82) is 0 Å². The van der Waals surface area contributed by atoms with Crippen molar-refractivity contribution >= 4 is 23.2 Å². The predicted molar refractivity (Wildman–Crippen MR) is 73.9 cm³/mol. The number of fused-ring (bicyclic) bond motifs is 1. The first kappa shape index (κ1) is 16.1. The first-order chi connectivity index (χ1) is 10.3. The molecule has 0 aliphatic carbocycles. The molecule has 1 aromatic rings. The summed E-state index contributed by atoms with van der Waals surface area (Å²) in [5, 5.41) is 1.77. The fourth-order valence-electron chi connectivity index (χ4n) is 2.04. The van der Waals surface area contributed by atoms with Gasteiger partial charge in [-0.2, -0.15) is 13.2 Å². The number of nitrogens with zero attached hydrogens (tertiary/aromatic N) is 1. The van der Waals surface area contributed by atoms with Gasteiger partial charge in [0.1, 0.15) is 5.75 Å². The molecule has 1 aromatic carbocycles. The number of benzene rings is 1. The minimum atomic E-state index is -4.97. The molecule has 22 heavy (non-hydrogen) atoms. The van der Waals surface area contributed by atoms with E-state index < -0.39 is 12.1 Å². The summed E-state index contributed by atoms with van der Waals surface area (Å²) < 4.78 is 42.1. The Kier molecular flexibility index (Phi) is 4.58. The Hall–Kier alpha value is -2.25. The second-order valence-electron chi connectivity index (χ2n) is 4.82. The SMILES string of the molecule is CCCCN1C(=O)COc2ccc(NC(=O)C(F)(F)F)cc21. The first-order valence-electron chi connectivity index (χ1n) is 6.78. The Labute approximate surface area is 125 Å². The van der Waals surface area contributed by atoms with Gasteiger partial charge >= 0.3 is 12.1 Å². The molecule has 0 fully saturated rings. The molecular weight excluding hydrogens is 301 g/mol. The van der Waals surface area contributed by atoms with Crippen molar-refractivity contribution < 1.29 is 27.5 Å². The van der Waals surface area contributed by atoms with E-state index in [2.05, 4.69) is 0 Å². The Balaban J connectivity index is 2.26. The van der Waals surface area contributed by atoms with E-state index in [1.54, 1.807) is 5.32 Å². The van der Waals surface area contributed by atoms with Crippen molar-refractivity contribution in [2.75, 3.05) is 23.4 Å². The summed E-state index contributed by atoms with van der Waals surface area (Å²) >= 11 is 0. The number of nitrogens with one attached hydrogen (secondary N) is 1. The van der Waals surface area contributed by atoms with Crippen LogP contribution in [-0.4, -0.2) is 31.1 Å². The van der Waals surface area contributed by atoms with Gasteiger partial charge in [-0.3, -0.25) is 9.59 Å². The number of hydrogen-bond donors (Lipinski definition) is 1. The van der Waals surface area contributed by atoms with Crippen molar-refractivity contribution in [2.45, 2.75) is 25.9 Å². The van der Waals surface area contributed by atoms with Crippen LogP contribution < -0.4 is 15.0 Å². The summed E-state index contributed by atoms with van der Waals surface area (Å²) in [4.78, 5) is 24.3. The molecule has 0 bridgehead atoms. The van der Waals surface area contributed by atoms with Crippen molar-refractivity contribution in [3.05, 3.63) is 18.2 Å². The van der Waals surface area contributed by atoms with E-state index in [-0.39, 0.29) is 18.2 Å². The monoisotopic (exact) mass is 316 g/mol. The maximum atomic E-state index is 12.3. The number of rotatable bonds is 4. The molecule has 2 amide bonds. The summed E-state index contributed by atoms with van der Waals surface area (Å²) in [5.41, 5.74) is 0.325. The maximum absolute atomic E-state index is 12.3. The standard InChI is InChI=1S/C14H15F3N2O3/c1-2-3-6-19-10-7-9(18-13(21)14(15,16)17)4-5-11(10)22-8-12(19)20/h4-5,7H,2-3,6,8H2,1H3,(H,18,21). The molecule has 0 spiro atoms. The third kappa shape index (κ3) is 3.49. The summed E-state index contributed by atoms with van der Waals surface area (Å²) in [6, 6.07) is 4.05. The van der Waals surface area contributed by atoms with Gasteiger partial charge < -0.3 is 15.0 Å². The number of amides is 2. The highest BCUT2D eigenvalue weighted by Gasteiger charge is 2.39. The van der Waals surface area contributed by atoms with Crippen molar-refractivity contribution in [3.63, 3.8) is 0 Å². The number of halogens is 3. The van der Waals surface area contributed by atoms with E-state index in [1.165, 1.54) is 23.1 Å². The van der Waals surface area contributed by atoms with Gasteiger partial charge in [0, 0.05) is 12.2 Å². The molecule has 5 nitrogen and oxygen atoms in total. The van der Waals surface area contributed by atoms with Crippen LogP contribution in [0.3, 0.4) is 0 Å². The molecule has 120 valence electrons. The number of ether oxygens (including phenoxy) is 1. The zero-order valence-electron chi connectivity index (χ0n) is 11.9. The molecule has 1 N–H and O–H groups in total. The van der Waals surface area contributed by atoms with Crippen LogP contribution in [0, 0.1) is 0 Å². The lowest BCUT2D eigenvalue weighted by atomic mass is 10.2. The Bertz CT molecular complexity index is 587. The zero-order valence-corrected chi connectivity index (χ0v) is 11.9. The van der Waals surface area contributed by atoms with Crippen LogP contribution in [-0.2, 0) is 9.59 Å². The number of alkyl halides is 3. The van der Waals surface area contributed by atoms with Crippen LogP contribution in [0.4, 0.5) is 24.5 Å². The van der Waals surface area contributed by atoms with Crippen molar-refractivity contribution in [2.24, 2.45) is 0 Å². The quantitative estimate of drug-likeness (QED) is 0.929. The van der Waals surface area contributed by atoms with E-state index in [9.17, 15) is 22.8 Å². The minimum absolute atomic E-state index is 0.0409. The smallest absolute Gasteiger partial charge is 0.471 e. The molecule has 1 heterocycles. The highest BCUT2D eigenvalue weighted by molar-refractivity contribution is 6.00. The fraction of sp³-hybridized carbons (Fsp3) is 0.429. The summed E-state index contributed by atoms with van der Waals surface area (Å²) in [6.45, 7) is 2.30. The second kappa shape index (κ2) is 6.25. The summed E-state index contributed by atoms with van der Waals surface area (Å²) in [5.74, 6) is -1.92. The lowest BCUT2D eigenvalue weighted by Gasteiger charge is -2.29. The molecule has 0 unspecified atom stereocenters. The number of carbonyl (C=O) groups is 2. The van der Waals surface area contributed by atoms with Crippen LogP contribution in [0.2, 0.25) is 0 Å². The van der Waals surface area contributed by atoms with Crippen LogP contribution in [0.15, 0.2) is 18.2 Å². The van der Waals surface area contributed by atoms with Gasteiger partial charge in [0.2, 0.25) is 0 Å². The molecule has 0 aromatic heterocycles. The van der Waals surface area contributed by atoms with Gasteiger partial charge in [-0.15, -0.1) is 0 Å². The number of unbranched alkanes of at least 4 members (excludes halogenated alkanes) is 1. The Morgan fingerprint density at radius 3 is 2.77 bits per heavy atom. The summed E-state index contributed by atoms with van der Waals surface area (Å²) in [6.07, 6.45) is -3.35. The van der Waals surface area contributed by atoms with Crippen LogP contribution >= 0.6 is 0 Å². The first-order valence-corrected chi connectivity index (χ1v) is 6.78. The average molecular weight is 316 g/mol. The normalized spacial score (nSPS) is 14.4. The van der Waals surface area contributed by atoms with Gasteiger partial charge in [0.25, 0.3) is 5.91 Å². The van der Waals surface area contributed by atoms with Crippen LogP contribution in [0.5, 0.6) is 5.75 Å². The number of hydrogen-bond acceptors (Lipinski definition) is 3. The molecular formula is C14H15F3N2O3. The third-order valence-electron chi connectivity index (χ3n) is 3.15. The molecule has 8 heteroatoms. The lowest BCUT2D eigenvalue weighted by Crippen LogP contribution is -2.39. The fourth-order valence-corrected chi connectivity index (χ4v) is 2.04. The Morgan fingerprint density at radius 2 is 2.14 bits per heavy atom. The second-order valence-corrected chi connectivity index (χ2v) is 4.82. The topological polar surface area (TPSA) is 58.6 Å². The van der Waals surface area contributed by atoms with Crippen LogP contribution in [0.1, 0.15) is 19.8 Å². The molecule has 0 saturated heterocycles. The van der Waals surface area contributed by atoms with E-state index in [0.717, 1.165) is 12.8 Å². The molecule has 1 aliphatic heterocycles. The van der Waals surface area contributed by atoms with E-state index in [0.29, 0.717) is 18.0 Å². The molecule has 0 saturated carbocycles. The van der Waals surface area contributed by atoms with Crippen LogP contribution in [0.25, 0.3) is 0 Å². The highest BCUT2D eigenvalue weighted by atomic mass is 19.4. The van der Waals surface area contributed by atoms with Gasteiger partial charge in [-0.25, -0.2) is 0 Å². The predicted octanol–water partition coefficient (Wildman–Crippen LogP) is 2.71.